The molecule has 1 amide bonds. The van der Waals surface area contributed by atoms with Gasteiger partial charge in [0.2, 0.25) is 6.41 Å². The Kier molecular flexibility index (Phi) is 2.56. The quantitative estimate of drug-likeness (QED) is 0.597. The summed E-state index contributed by atoms with van der Waals surface area (Å²) in [6.45, 7) is 3.43. The normalized spacial score (nSPS) is 38.6. The van der Waals surface area contributed by atoms with Crippen LogP contribution < -0.4 is 5.32 Å². The summed E-state index contributed by atoms with van der Waals surface area (Å²) in [7, 11) is 0. The molecule has 3 unspecified atom stereocenters. The van der Waals surface area contributed by atoms with Crippen LogP contribution in [0.15, 0.2) is 0 Å². The lowest BCUT2D eigenvalue weighted by Crippen LogP contribution is -2.56. The van der Waals surface area contributed by atoms with Crippen molar-refractivity contribution in [1.82, 2.24) is 5.32 Å². The van der Waals surface area contributed by atoms with E-state index in [0.29, 0.717) is 12.8 Å². The number of hydrogen-bond acceptors (Lipinski definition) is 3. The fourth-order valence-corrected chi connectivity index (χ4v) is 1.74. The first-order chi connectivity index (χ1) is 6.03. The molecule has 0 aromatic rings. The molecule has 0 spiro atoms. The smallest absolute Gasteiger partial charge is 0.332 e. The number of aliphatic carboxylic acids is 1. The van der Waals surface area contributed by atoms with Gasteiger partial charge in [0.15, 0.2) is 5.54 Å². The van der Waals surface area contributed by atoms with E-state index < -0.39 is 17.6 Å². The Morgan fingerprint density at radius 2 is 2.31 bits per heavy atom. The van der Waals surface area contributed by atoms with Gasteiger partial charge in [0.05, 0.1) is 12.2 Å². The second kappa shape index (κ2) is 3.33. The average molecular weight is 187 g/mol. The molecule has 1 heterocycles. The van der Waals surface area contributed by atoms with Crippen LogP contribution >= 0.6 is 0 Å². The molecule has 1 aliphatic heterocycles. The van der Waals surface area contributed by atoms with Gasteiger partial charge in [0.1, 0.15) is 0 Å². The van der Waals surface area contributed by atoms with E-state index in [1.54, 1.807) is 13.8 Å². The zero-order chi connectivity index (χ0) is 10.1. The monoisotopic (exact) mass is 187 g/mol. The molecule has 1 aliphatic rings. The molecular weight excluding hydrogens is 174 g/mol. The number of carbonyl (C=O) groups is 2. The summed E-state index contributed by atoms with van der Waals surface area (Å²) in [4.78, 5) is 21.3. The van der Waals surface area contributed by atoms with Gasteiger partial charge in [0, 0.05) is 6.42 Å². The highest BCUT2D eigenvalue weighted by Gasteiger charge is 2.51. The van der Waals surface area contributed by atoms with E-state index in [9.17, 15) is 9.59 Å². The van der Waals surface area contributed by atoms with Gasteiger partial charge in [-0.15, -0.1) is 0 Å². The molecule has 1 saturated heterocycles. The fourth-order valence-electron chi connectivity index (χ4n) is 1.74. The van der Waals surface area contributed by atoms with Crippen LogP contribution in [0.1, 0.15) is 20.3 Å². The first kappa shape index (κ1) is 9.98. The molecule has 0 aromatic heterocycles. The summed E-state index contributed by atoms with van der Waals surface area (Å²) in [5.74, 6) is -1.04. The molecule has 2 N–H and O–H groups in total. The zero-order valence-electron chi connectivity index (χ0n) is 7.61. The molecule has 1 rings (SSSR count). The summed E-state index contributed by atoms with van der Waals surface area (Å²) < 4.78 is 5.29. The SMILES string of the molecule is CC1CC(NC=O)(C(=O)O)C(C)O1. The first-order valence-corrected chi connectivity index (χ1v) is 4.13. The van der Waals surface area contributed by atoms with E-state index in [2.05, 4.69) is 5.32 Å². The summed E-state index contributed by atoms with van der Waals surface area (Å²) in [5, 5.41) is 11.3. The van der Waals surface area contributed by atoms with Gasteiger partial charge in [-0.25, -0.2) is 4.79 Å². The van der Waals surface area contributed by atoms with Gasteiger partial charge < -0.3 is 15.2 Å². The van der Waals surface area contributed by atoms with E-state index in [1.165, 1.54) is 0 Å². The van der Waals surface area contributed by atoms with Crippen molar-refractivity contribution in [3.8, 4) is 0 Å². The maximum absolute atomic E-state index is 11.0. The van der Waals surface area contributed by atoms with Gasteiger partial charge in [-0.3, -0.25) is 4.79 Å². The molecule has 13 heavy (non-hydrogen) atoms. The fraction of sp³-hybridized carbons (Fsp3) is 0.750. The highest BCUT2D eigenvalue weighted by Crippen LogP contribution is 2.30. The molecule has 0 bridgehead atoms. The Balaban J connectivity index is 2.90. The third-order valence-electron chi connectivity index (χ3n) is 2.44. The Morgan fingerprint density at radius 1 is 1.69 bits per heavy atom. The molecule has 5 heteroatoms. The number of nitrogens with one attached hydrogen (secondary N) is 1. The number of carboxylic acids is 1. The van der Waals surface area contributed by atoms with Gasteiger partial charge in [-0.05, 0) is 13.8 Å². The standard InChI is InChI=1S/C8H13NO4/c1-5-3-8(7(11)12,9-4-10)6(2)13-5/h4-6H,3H2,1-2H3,(H,9,10)(H,11,12). The van der Waals surface area contributed by atoms with E-state index in [1.807, 2.05) is 0 Å². The predicted molar refractivity (Wildman–Crippen MR) is 44.2 cm³/mol. The Labute approximate surface area is 76.1 Å². The molecule has 1 fully saturated rings. The van der Waals surface area contributed by atoms with Crippen LogP contribution in [0.2, 0.25) is 0 Å². The lowest BCUT2D eigenvalue weighted by molar-refractivity contribution is -0.148. The van der Waals surface area contributed by atoms with Crippen LogP contribution in [0.25, 0.3) is 0 Å². The van der Waals surface area contributed by atoms with Crippen molar-refractivity contribution in [3.63, 3.8) is 0 Å². The number of ether oxygens (including phenoxy) is 1. The molecule has 0 aliphatic carbocycles. The molecule has 3 atom stereocenters. The maximum Gasteiger partial charge on any atom is 0.332 e. The molecule has 5 nitrogen and oxygen atoms in total. The zero-order valence-corrected chi connectivity index (χ0v) is 7.61. The van der Waals surface area contributed by atoms with Crippen molar-refractivity contribution >= 4 is 12.4 Å². The summed E-state index contributed by atoms with van der Waals surface area (Å²) >= 11 is 0. The number of hydrogen-bond donors (Lipinski definition) is 2. The minimum absolute atomic E-state index is 0.140. The molecule has 0 saturated carbocycles. The Hall–Kier alpha value is -1.10. The van der Waals surface area contributed by atoms with Crippen LogP contribution in [0, 0.1) is 0 Å². The van der Waals surface area contributed by atoms with Crippen LogP contribution in [0.4, 0.5) is 0 Å². The van der Waals surface area contributed by atoms with E-state index in [0.717, 1.165) is 0 Å². The Bertz CT molecular complexity index is 230. The van der Waals surface area contributed by atoms with Gasteiger partial charge in [-0.1, -0.05) is 0 Å². The molecule has 0 aromatic carbocycles. The Morgan fingerprint density at radius 3 is 2.62 bits per heavy atom. The largest absolute Gasteiger partial charge is 0.479 e. The molecular formula is C8H13NO4. The third kappa shape index (κ3) is 1.51. The van der Waals surface area contributed by atoms with Crippen LogP contribution in [0.5, 0.6) is 0 Å². The van der Waals surface area contributed by atoms with Gasteiger partial charge >= 0.3 is 5.97 Å². The lowest BCUT2D eigenvalue weighted by Gasteiger charge is -2.26. The summed E-state index contributed by atoms with van der Waals surface area (Å²) in [6.07, 6.45) is 0.0811. The van der Waals surface area contributed by atoms with Crippen molar-refractivity contribution in [1.29, 1.82) is 0 Å². The first-order valence-electron chi connectivity index (χ1n) is 4.13. The second-order valence-corrected chi connectivity index (χ2v) is 3.33. The van der Waals surface area contributed by atoms with E-state index in [-0.39, 0.29) is 6.10 Å². The van der Waals surface area contributed by atoms with Crippen molar-refractivity contribution in [2.75, 3.05) is 0 Å². The van der Waals surface area contributed by atoms with E-state index >= 15 is 0 Å². The van der Waals surface area contributed by atoms with Crippen LogP contribution in [0.3, 0.4) is 0 Å². The number of carboxylic acid groups (broad SMARTS) is 1. The average Bonchev–Trinajstić information content (AvgIpc) is 2.28. The second-order valence-electron chi connectivity index (χ2n) is 3.33. The summed E-state index contributed by atoms with van der Waals surface area (Å²) in [5.41, 5.74) is -1.25. The van der Waals surface area contributed by atoms with Crippen molar-refractivity contribution in [2.45, 2.75) is 38.0 Å². The van der Waals surface area contributed by atoms with Crippen molar-refractivity contribution in [3.05, 3.63) is 0 Å². The maximum atomic E-state index is 11.0. The number of rotatable bonds is 3. The third-order valence-corrected chi connectivity index (χ3v) is 2.44. The van der Waals surface area contributed by atoms with Gasteiger partial charge in [-0.2, -0.15) is 0 Å². The highest BCUT2D eigenvalue weighted by molar-refractivity contribution is 5.82. The minimum Gasteiger partial charge on any atom is -0.479 e. The number of amides is 1. The lowest BCUT2D eigenvalue weighted by atomic mass is 9.91. The van der Waals surface area contributed by atoms with Crippen LogP contribution in [-0.4, -0.2) is 35.2 Å². The van der Waals surface area contributed by atoms with Gasteiger partial charge in [0.25, 0.3) is 0 Å². The molecule has 0 radical (unpaired) electrons. The highest BCUT2D eigenvalue weighted by atomic mass is 16.5. The predicted octanol–water partition coefficient (Wildman–Crippen LogP) is -0.247. The molecule has 74 valence electrons. The van der Waals surface area contributed by atoms with E-state index in [4.69, 9.17) is 9.84 Å². The number of carbonyl (C=O) groups excluding carboxylic acids is 1. The van der Waals surface area contributed by atoms with Crippen molar-refractivity contribution in [2.24, 2.45) is 0 Å². The topological polar surface area (TPSA) is 75.6 Å². The minimum atomic E-state index is -1.25. The van der Waals surface area contributed by atoms with Crippen LogP contribution in [-0.2, 0) is 14.3 Å². The van der Waals surface area contributed by atoms with Crippen molar-refractivity contribution < 1.29 is 19.4 Å². The summed E-state index contributed by atoms with van der Waals surface area (Å²) in [6, 6.07) is 0.